The first-order valence-electron chi connectivity index (χ1n) is 10.8. The van der Waals surface area contributed by atoms with Crippen molar-refractivity contribution in [2.24, 2.45) is 0 Å². The molecule has 0 radical (unpaired) electrons. The van der Waals surface area contributed by atoms with Gasteiger partial charge in [-0.3, -0.25) is 14.7 Å². The minimum Gasteiger partial charge on any atom is -0.439 e. The van der Waals surface area contributed by atoms with Gasteiger partial charge in [0.15, 0.2) is 0 Å². The standard InChI is InChI=1S/C26H21N3O5/c30-24-23(28-17-22(34-25(28)31)19-9-3-1-4-10-19)21(14-13-18-8-7-15-27-16-18)29(24)26(32)33-20-11-5-2-6-12-20/h1-16,21-23H,17H2. The van der Waals surface area contributed by atoms with Gasteiger partial charge in [-0.1, -0.05) is 66.7 Å². The average Bonchev–Trinajstić information content (AvgIpc) is 3.24. The third-order valence-electron chi connectivity index (χ3n) is 5.77. The maximum absolute atomic E-state index is 13.1. The molecule has 5 rings (SSSR count). The number of aromatic nitrogens is 1. The number of ether oxygens (including phenoxy) is 2. The Bertz CT molecular complexity index is 1220. The molecular formula is C26H21N3O5. The summed E-state index contributed by atoms with van der Waals surface area (Å²) in [7, 11) is 0. The van der Waals surface area contributed by atoms with E-state index in [2.05, 4.69) is 4.98 Å². The quantitative estimate of drug-likeness (QED) is 0.539. The van der Waals surface area contributed by atoms with Gasteiger partial charge in [0.1, 0.15) is 17.9 Å². The molecule has 3 heterocycles. The first kappa shape index (κ1) is 21.4. The van der Waals surface area contributed by atoms with Crippen LogP contribution in [0.1, 0.15) is 17.2 Å². The van der Waals surface area contributed by atoms with E-state index >= 15 is 0 Å². The first-order chi connectivity index (χ1) is 16.6. The number of cyclic esters (lactones) is 1. The molecule has 2 aromatic carbocycles. The lowest BCUT2D eigenvalue weighted by molar-refractivity contribution is -0.148. The van der Waals surface area contributed by atoms with Crippen molar-refractivity contribution >= 4 is 24.2 Å². The van der Waals surface area contributed by atoms with Crippen LogP contribution in [0.3, 0.4) is 0 Å². The maximum atomic E-state index is 13.1. The SMILES string of the molecule is O=C1OC(c2ccccc2)CN1C1C(=O)N(C(=O)Oc2ccccc2)C1C=Cc1cccnc1. The second kappa shape index (κ2) is 9.19. The molecule has 3 amide bonds. The van der Waals surface area contributed by atoms with Crippen LogP contribution in [0.4, 0.5) is 9.59 Å². The van der Waals surface area contributed by atoms with Crippen LogP contribution in [0, 0.1) is 0 Å². The number of carbonyl (C=O) groups excluding carboxylic acids is 3. The number of benzene rings is 2. The molecule has 2 aliphatic heterocycles. The summed E-state index contributed by atoms with van der Waals surface area (Å²) < 4.78 is 10.9. The van der Waals surface area contributed by atoms with Gasteiger partial charge in [-0.15, -0.1) is 0 Å². The van der Waals surface area contributed by atoms with Gasteiger partial charge < -0.3 is 9.47 Å². The normalized spacial score (nSPS) is 21.9. The number of imide groups is 1. The monoisotopic (exact) mass is 455 g/mol. The highest BCUT2D eigenvalue weighted by molar-refractivity contribution is 6.04. The predicted octanol–water partition coefficient (Wildman–Crippen LogP) is 4.07. The largest absolute Gasteiger partial charge is 0.439 e. The number of β-lactam (4-membered cyclic amide) rings is 1. The molecule has 0 aliphatic carbocycles. The summed E-state index contributed by atoms with van der Waals surface area (Å²) in [6.45, 7) is 0.206. The molecule has 8 nitrogen and oxygen atoms in total. The summed E-state index contributed by atoms with van der Waals surface area (Å²) in [5.74, 6) is -0.198. The number of amides is 3. The van der Waals surface area contributed by atoms with Crippen molar-refractivity contribution < 1.29 is 23.9 Å². The van der Waals surface area contributed by atoms with Gasteiger partial charge in [0.05, 0.1) is 12.6 Å². The zero-order valence-corrected chi connectivity index (χ0v) is 18.1. The molecule has 170 valence electrons. The number of para-hydroxylation sites is 1. The fourth-order valence-corrected chi connectivity index (χ4v) is 4.09. The molecular weight excluding hydrogens is 434 g/mol. The highest BCUT2D eigenvalue weighted by Gasteiger charge is 2.57. The van der Waals surface area contributed by atoms with Crippen molar-refractivity contribution in [2.75, 3.05) is 6.54 Å². The Balaban J connectivity index is 1.39. The molecule has 34 heavy (non-hydrogen) atoms. The van der Waals surface area contributed by atoms with Gasteiger partial charge in [0.25, 0.3) is 5.91 Å². The first-order valence-corrected chi connectivity index (χ1v) is 10.8. The van der Waals surface area contributed by atoms with Crippen LogP contribution in [0.5, 0.6) is 5.75 Å². The maximum Gasteiger partial charge on any atom is 0.422 e. The zero-order valence-electron chi connectivity index (χ0n) is 18.1. The highest BCUT2D eigenvalue weighted by Crippen LogP contribution is 2.35. The van der Waals surface area contributed by atoms with E-state index in [9.17, 15) is 14.4 Å². The van der Waals surface area contributed by atoms with E-state index in [0.29, 0.717) is 5.75 Å². The number of rotatable bonds is 5. The van der Waals surface area contributed by atoms with Crippen molar-refractivity contribution in [2.45, 2.75) is 18.2 Å². The lowest BCUT2D eigenvalue weighted by atomic mass is 9.92. The zero-order chi connectivity index (χ0) is 23.5. The average molecular weight is 455 g/mol. The van der Waals surface area contributed by atoms with Crippen LogP contribution in [-0.2, 0) is 9.53 Å². The molecule has 2 fully saturated rings. The molecule has 0 saturated carbocycles. The number of hydrogen-bond acceptors (Lipinski definition) is 6. The lowest BCUT2D eigenvalue weighted by Gasteiger charge is -2.46. The van der Waals surface area contributed by atoms with Crippen molar-refractivity contribution in [1.82, 2.24) is 14.8 Å². The van der Waals surface area contributed by atoms with Crippen molar-refractivity contribution in [1.29, 1.82) is 0 Å². The summed E-state index contributed by atoms with van der Waals surface area (Å²) >= 11 is 0. The Morgan fingerprint density at radius 1 is 1.00 bits per heavy atom. The van der Waals surface area contributed by atoms with Crippen LogP contribution in [-0.4, -0.2) is 51.5 Å². The van der Waals surface area contributed by atoms with Gasteiger partial charge in [-0.05, 0) is 29.3 Å². The number of hydrogen-bond donors (Lipinski definition) is 0. The van der Waals surface area contributed by atoms with Crippen molar-refractivity contribution in [3.8, 4) is 5.75 Å². The Morgan fingerprint density at radius 2 is 1.74 bits per heavy atom. The minimum atomic E-state index is -0.877. The molecule has 0 N–H and O–H groups in total. The number of nitrogens with zero attached hydrogens (tertiary/aromatic N) is 3. The Labute approximate surface area is 196 Å². The van der Waals surface area contributed by atoms with Crippen LogP contribution in [0.25, 0.3) is 6.08 Å². The molecule has 3 aromatic rings. The van der Waals surface area contributed by atoms with Gasteiger partial charge in [-0.25, -0.2) is 14.5 Å². The molecule has 0 bridgehead atoms. The lowest BCUT2D eigenvalue weighted by Crippen LogP contribution is -2.72. The minimum absolute atomic E-state index is 0.206. The molecule has 3 unspecified atom stereocenters. The number of pyridine rings is 1. The smallest absolute Gasteiger partial charge is 0.422 e. The van der Waals surface area contributed by atoms with Crippen molar-refractivity contribution in [3.63, 3.8) is 0 Å². The van der Waals surface area contributed by atoms with E-state index in [1.807, 2.05) is 36.4 Å². The fraction of sp³-hybridized carbons (Fsp3) is 0.154. The molecule has 2 aliphatic rings. The molecule has 1 aromatic heterocycles. The second-order valence-corrected chi connectivity index (χ2v) is 7.91. The van der Waals surface area contributed by atoms with E-state index in [-0.39, 0.29) is 6.54 Å². The predicted molar refractivity (Wildman–Crippen MR) is 123 cm³/mol. The van der Waals surface area contributed by atoms with E-state index in [0.717, 1.165) is 16.0 Å². The molecule has 8 heteroatoms. The number of likely N-dealkylation sites (tertiary alicyclic amines) is 1. The summed E-state index contributed by atoms with van der Waals surface area (Å²) in [6, 6.07) is 19.9. The highest BCUT2D eigenvalue weighted by atomic mass is 16.6. The molecule has 0 spiro atoms. The van der Waals surface area contributed by atoms with Crippen molar-refractivity contribution in [3.05, 3.63) is 102 Å². The summed E-state index contributed by atoms with van der Waals surface area (Å²) in [5, 5.41) is 0. The fourth-order valence-electron chi connectivity index (χ4n) is 4.09. The number of carbonyl (C=O) groups is 3. The van der Waals surface area contributed by atoms with E-state index < -0.39 is 36.3 Å². The summed E-state index contributed by atoms with van der Waals surface area (Å²) in [4.78, 5) is 45.2. The van der Waals surface area contributed by atoms with Gasteiger partial charge in [0, 0.05) is 12.4 Å². The Kier molecular flexibility index (Phi) is 5.78. The van der Waals surface area contributed by atoms with Gasteiger partial charge in [-0.2, -0.15) is 0 Å². The van der Waals surface area contributed by atoms with Crippen LogP contribution >= 0.6 is 0 Å². The topological polar surface area (TPSA) is 89.0 Å². The van der Waals surface area contributed by atoms with Gasteiger partial charge >= 0.3 is 12.2 Å². The Hall–Kier alpha value is -4.46. The van der Waals surface area contributed by atoms with Gasteiger partial charge in [0.2, 0.25) is 0 Å². The third kappa shape index (κ3) is 4.13. The van der Waals surface area contributed by atoms with E-state index in [1.54, 1.807) is 60.9 Å². The third-order valence-corrected chi connectivity index (χ3v) is 5.77. The van der Waals surface area contributed by atoms with E-state index in [4.69, 9.17) is 9.47 Å². The second-order valence-electron chi connectivity index (χ2n) is 7.91. The van der Waals surface area contributed by atoms with Crippen LogP contribution in [0.15, 0.2) is 91.3 Å². The summed E-state index contributed by atoms with van der Waals surface area (Å²) in [6.07, 6.45) is 4.89. The van der Waals surface area contributed by atoms with Crippen LogP contribution < -0.4 is 4.74 Å². The Morgan fingerprint density at radius 3 is 2.44 bits per heavy atom. The molecule has 2 saturated heterocycles. The van der Waals surface area contributed by atoms with E-state index in [1.165, 1.54) is 4.90 Å². The molecule has 3 atom stereocenters. The van der Waals surface area contributed by atoms with Crippen LogP contribution in [0.2, 0.25) is 0 Å². The summed E-state index contributed by atoms with van der Waals surface area (Å²) in [5.41, 5.74) is 1.64.